The van der Waals surface area contributed by atoms with E-state index in [1.807, 2.05) is 18.2 Å². The van der Waals surface area contributed by atoms with Gasteiger partial charge in [0.15, 0.2) is 0 Å². The number of rotatable bonds is 0. The van der Waals surface area contributed by atoms with Crippen LogP contribution in [0.4, 0.5) is 0 Å². The number of ether oxygens (including phenoxy) is 1. The maximum atomic E-state index is 5.53. The van der Waals surface area contributed by atoms with Crippen LogP contribution < -0.4 is 0 Å². The summed E-state index contributed by atoms with van der Waals surface area (Å²) >= 11 is 0. The maximum Gasteiger partial charge on any atom is 0.115 e. The molecule has 2 heteroatoms. The number of hydrogen-bond acceptors (Lipinski definition) is 2. The Balaban J connectivity index is 2.07. The quantitative estimate of drug-likeness (QED) is 0.604. The second kappa shape index (κ2) is 2.47. The molecule has 2 atom stereocenters. The van der Waals surface area contributed by atoms with Gasteiger partial charge in [-0.05, 0) is 18.2 Å². The number of aromatic nitrogens is 1. The zero-order valence-electron chi connectivity index (χ0n) is 8.05. The van der Waals surface area contributed by atoms with Crippen molar-refractivity contribution < 1.29 is 4.74 Å². The Morgan fingerprint density at radius 1 is 1.20 bits per heavy atom. The molecule has 1 aromatic carbocycles. The molecule has 1 saturated heterocycles. The van der Waals surface area contributed by atoms with Gasteiger partial charge in [0.05, 0.1) is 11.2 Å². The number of benzene rings is 1. The van der Waals surface area contributed by atoms with Gasteiger partial charge in [-0.3, -0.25) is 0 Å². The van der Waals surface area contributed by atoms with Crippen LogP contribution in [0.15, 0.2) is 36.4 Å². The molecule has 2 heterocycles. The summed E-state index contributed by atoms with van der Waals surface area (Å²) in [4.78, 5) is 4.63. The Kier molecular flexibility index (Phi) is 1.25. The van der Waals surface area contributed by atoms with E-state index in [1.54, 1.807) is 0 Å². The largest absolute Gasteiger partial charge is 0.360 e. The topological polar surface area (TPSA) is 25.4 Å². The molecule has 0 amide bonds. The van der Waals surface area contributed by atoms with E-state index in [0.717, 1.165) is 11.2 Å². The van der Waals surface area contributed by atoms with Crippen molar-refractivity contribution in [2.24, 2.45) is 0 Å². The predicted molar refractivity (Wildman–Crippen MR) is 58.4 cm³/mol. The van der Waals surface area contributed by atoms with Gasteiger partial charge in [0.25, 0.3) is 0 Å². The zero-order chi connectivity index (χ0) is 9.83. The summed E-state index contributed by atoms with van der Waals surface area (Å²) in [5, 5.41) is 1.20. The minimum atomic E-state index is 0.266. The number of nitrogens with zero attached hydrogens (tertiary/aromatic N) is 1. The number of epoxide rings is 1. The van der Waals surface area contributed by atoms with Crippen LogP contribution in [0.25, 0.3) is 17.0 Å². The minimum Gasteiger partial charge on any atom is -0.360 e. The summed E-state index contributed by atoms with van der Waals surface area (Å²) in [5.41, 5.74) is 3.36. The summed E-state index contributed by atoms with van der Waals surface area (Å²) in [6, 6.07) is 10.4. The van der Waals surface area contributed by atoms with E-state index in [1.165, 1.54) is 10.9 Å². The summed E-state index contributed by atoms with van der Waals surface area (Å²) in [5.74, 6) is 0. The first-order valence-corrected chi connectivity index (χ1v) is 5.15. The lowest BCUT2D eigenvalue weighted by atomic mass is 10.00. The number of para-hydroxylation sites is 1. The van der Waals surface area contributed by atoms with Crippen LogP contribution in [0.2, 0.25) is 0 Å². The minimum absolute atomic E-state index is 0.266. The molecule has 1 fully saturated rings. The number of fused-ring (bicyclic) bond motifs is 4. The van der Waals surface area contributed by atoms with Crippen LogP contribution in [0, 0.1) is 0 Å². The van der Waals surface area contributed by atoms with Crippen LogP contribution in [0.1, 0.15) is 17.4 Å². The molecule has 0 radical (unpaired) electrons. The molecule has 1 aliphatic carbocycles. The van der Waals surface area contributed by atoms with Gasteiger partial charge in [0, 0.05) is 10.9 Å². The fraction of sp³-hybridized carbons (Fsp3) is 0.154. The van der Waals surface area contributed by atoms with Crippen molar-refractivity contribution in [1.82, 2.24) is 4.98 Å². The fourth-order valence-electron chi connectivity index (χ4n) is 2.22. The van der Waals surface area contributed by atoms with E-state index in [4.69, 9.17) is 4.74 Å². The van der Waals surface area contributed by atoms with Gasteiger partial charge in [-0.1, -0.05) is 24.3 Å². The first kappa shape index (κ1) is 7.60. The lowest BCUT2D eigenvalue weighted by Gasteiger charge is -2.07. The van der Waals surface area contributed by atoms with Crippen molar-refractivity contribution in [3.63, 3.8) is 0 Å². The van der Waals surface area contributed by atoms with Crippen molar-refractivity contribution in [3.8, 4) is 0 Å². The van der Waals surface area contributed by atoms with Crippen molar-refractivity contribution in [2.75, 3.05) is 0 Å². The van der Waals surface area contributed by atoms with E-state index in [0.29, 0.717) is 6.10 Å². The van der Waals surface area contributed by atoms with Gasteiger partial charge in [-0.2, -0.15) is 0 Å². The summed E-state index contributed by atoms with van der Waals surface area (Å²) in [7, 11) is 0. The monoisotopic (exact) mass is 195 g/mol. The molecule has 0 bridgehead atoms. The Morgan fingerprint density at radius 2 is 2.13 bits per heavy atom. The molecule has 15 heavy (non-hydrogen) atoms. The van der Waals surface area contributed by atoms with Gasteiger partial charge in [0.2, 0.25) is 0 Å². The molecule has 2 nitrogen and oxygen atoms in total. The van der Waals surface area contributed by atoms with Crippen LogP contribution >= 0.6 is 0 Å². The second-order valence-corrected chi connectivity index (χ2v) is 4.04. The van der Waals surface area contributed by atoms with Gasteiger partial charge in [-0.15, -0.1) is 0 Å². The first-order chi connectivity index (χ1) is 7.42. The maximum absolute atomic E-state index is 5.53. The molecule has 2 aliphatic rings. The Labute approximate surface area is 87.2 Å². The van der Waals surface area contributed by atoms with E-state index in [-0.39, 0.29) is 6.10 Å². The summed E-state index contributed by atoms with van der Waals surface area (Å²) in [6.45, 7) is 0. The smallest absolute Gasteiger partial charge is 0.115 e. The third-order valence-electron chi connectivity index (χ3n) is 3.06. The van der Waals surface area contributed by atoms with Crippen molar-refractivity contribution >= 4 is 17.0 Å². The predicted octanol–water partition coefficient (Wildman–Crippen LogP) is 2.70. The Bertz CT molecular complexity index is 588. The molecule has 0 saturated carbocycles. The van der Waals surface area contributed by atoms with Crippen LogP contribution in [-0.4, -0.2) is 11.1 Å². The Morgan fingerprint density at radius 3 is 3.13 bits per heavy atom. The Hall–Kier alpha value is -1.67. The fourth-order valence-corrected chi connectivity index (χ4v) is 2.22. The molecule has 4 rings (SSSR count). The average molecular weight is 195 g/mol. The number of pyridine rings is 1. The van der Waals surface area contributed by atoms with Gasteiger partial charge >= 0.3 is 0 Å². The van der Waals surface area contributed by atoms with E-state index >= 15 is 0 Å². The number of hydrogen-bond donors (Lipinski definition) is 0. The normalized spacial score (nSPS) is 26.1. The third-order valence-corrected chi connectivity index (χ3v) is 3.06. The highest BCUT2D eigenvalue weighted by Gasteiger charge is 2.42. The van der Waals surface area contributed by atoms with Gasteiger partial charge in [0.1, 0.15) is 12.2 Å². The zero-order valence-corrected chi connectivity index (χ0v) is 8.05. The molecule has 0 unspecified atom stereocenters. The SMILES string of the molecule is C1=C[C@@H]2O[C@@H]2c2cc3ccccc3nc21. The van der Waals surface area contributed by atoms with E-state index in [9.17, 15) is 0 Å². The lowest BCUT2D eigenvalue weighted by Crippen LogP contribution is -1.98. The highest BCUT2D eigenvalue weighted by atomic mass is 16.6. The lowest BCUT2D eigenvalue weighted by molar-refractivity contribution is 0.395. The van der Waals surface area contributed by atoms with Crippen molar-refractivity contribution in [2.45, 2.75) is 12.2 Å². The molecule has 72 valence electrons. The molecular weight excluding hydrogens is 186 g/mol. The van der Waals surface area contributed by atoms with Crippen LogP contribution in [0.5, 0.6) is 0 Å². The molecule has 0 N–H and O–H groups in total. The highest BCUT2D eigenvalue weighted by molar-refractivity contribution is 5.81. The average Bonchev–Trinajstić information content (AvgIpc) is 3.06. The third kappa shape index (κ3) is 0.997. The first-order valence-electron chi connectivity index (χ1n) is 5.15. The van der Waals surface area contributed by atoms with Crippen LogP contribution in [0.3, 0.4) is 0 Å². The summed E-state index contributed by atoms with van der Waals surface area (Å²) < 4.78 is 5.53. The molecule has 1 aliphatic heterocycles. The summed E-state index contributed by atoms with van der Waals surface area (Å²) in [6.07, 6.45) is 4.73. The molecule has 1 aromatic heterocycles. The highest BCUT2D eigenvalue weighted by Crippen LogP contribution is 2.45. The van der Waals surface area contributed by atoms with Crippen molar-refractivity contribution in [1.29, 1.82) is 0 Å². The molecular formula is C13H9NO. The molecule has 2 aromatic rings. The van der Waals surface area contributed by atoms with Gasteiger partial charge < -0.3 is 4.74 Å². The van der Waals surface area contributed by atoms with Gasteiger partial charge in [-0.25, -0.2) is 4.98 Å². The van der Waals surface area contributed by atoms with E-state index in [2.05, 4.69) is 29.3 Å². The van der Waals surface area contributed by atoms with Crippen LogP contribution in [-0.2, 0) is 4.74 Å². The van der Waals surface area contributed by atoms with Crippen molar-refractivity contribution in [3.05, 3.63) is 47.7 Å². The van der Waals surface area contributed by atoms with E-state index < -0.39 is 0 Å². The molecule has 0 spiro atoms. The standard InChI is InChI=1S/C13H9NO/c1-2-4-10-8(3-1)7-9-11(14-10)5-6-12-13(9)15-12/h1-7,12-13H/t12-,13+/m0/s1. The second-order valence-electron chi connectivity index (χ2n) is 4.04.